The van der Waals surface area contributed by atoms with Gasteiger partial charge >= 0.3 is 5.97 Å². The Morgan fingerprint density at radius 1 is 0.516 bits per heavy atom. The van der Waals surface area contributed by atoms with Crippen LogP contribution in [0.4, 0.5) is 0 Å². The van der Waals surface area contributed by atoms with Crippen molar-refractivity contribution < 1.29 is 14.7 Å². The SMILES string of the molecule is CC(=O)CC(=O)O.c1ccc(-c2ccccc2)cc1.c1ccc(-c2ccccc2)cc1. The Labute approximate surface area is 183 Å². The van der Waals surface area contributed by atoms with Gasteiger partial charge in [-0.2, -0.15) is 0 Å². The number of hydrogen-bond acceptors (Lipinski definition) is 2. The van der Waals surface area contributed by atoms with Gasteiger partial charge in [0.1, 0.15) is 12.2 Å². The molecule has 0 saturated heterocycles. The summed E-state index contributed by atoms with van der Waals surface area (Å²) in [5.74, 6) is -1.37. The number of carbonyl (C=O) groups is 2. The molecule has 0 spiro atoms. The van der Waals surface area contributed by atoms with E-state index in [-0.39, 0.29) is 12.2 Å². The first-order valence-corrected chi connectivity index (χ1v) is 9.98. The fraction of sp³-hybridized carbons (Fsp3) is 0.0714. The van der Waals surface area contributed by atoms with E-state index in [1.807, 2.05) is 24.3 Å². The zero-order valence-electron chi connectivity index (χ0n) is 17.5. The summed E-state index contributed by atoms with van der Waals surface area (Å²) in [6, 6.07) is 41.6. The van der Waals surface area contributed by atoms with Gasteiger partial charge in [-0.05, 0) is 29.2 Å². The maximum Gasteiger partial charge on any atom is 0.310 e. The van der Waals surface area contributed by atoms with Gasteiger partial charge in [-0.25, -0.2) is 0 Å². The lowest BCUT2D eigenvalue weighted by Gasteiger charge is -1.98. The van der Waals surface area contributed by atoms with E-state index in [0.717, 1.165) is 0 Å². The predicted octanol–water partition coefficient (Wildman–Crippen LogP) is 6.76. The number of benzene rings is 4. The molecule has 4 rings (SSSR count). The molecule has 0 unspecified atom stereocenters. The van der Waals surface area contributed by atoms with Crippen molar-refractivity contribution in [3.63, 3.8) is 0 Å². The molecule has 0 bridgehead atoms. The number of Topliss-reactive ketones (excluding diaryl/α,β-unsaturated/α-hetero) is 1. The molecule has 0 aliphatic carbocycles. The van der Waals surface area contributed by atoms with Crippen LogP contribution in [0.5, 0.6) is 0 Å². The largest absolute Gasteiger partial charge is 0.481 e. The van der Waals surface area contributed by atoms with Crippen molar-refractivity contribution in [3.05, 3.63) is 121 Å². The first-order valence-electron chi connectivity index (χ1n) is 9.98. The molecule has 0 aliphatic rings. The Hall–Kier alpha value is -3.98. The Morgan fingerprint density at radius 2 is 0.742 bits per heavy atom. The van der Waals surface area contributed by atoms with Crippen LogP contribution in [-0.4, -0.2) is 16.9 Å². The molecular weight excluding hydrogens is 384 g/mol. The highest BCUT2D eigenvalue weighted by molar-refractivity contribution is 5.93. The molecule has 3 heteroatoms. The van der Waals surface area contributed by atoms with Crippen molar-refractivity contribution in [2.45, 2.75) is 13.3 Å². The summed E-state index contributed by atoms with van der Waals surface area (Å²) >= 11 is 0. The predicted molar refractivity (Wildman–Crippen MR) is 127 cm³/mol. The Kier molecular flexibility index (Phi) is 9.98. The van der Waals surface area contributed by atoms with Crippen molar-refractivity contribution in [1.82, 2.24) is 0 Å². The summed E-state index contributed by atoms with van der Waals surface area (Å²) in [6.45, 7) is 1.24. The number of carboxylic acids is 1. The van der Waals surface area contributed by atoms with Crippen LogP contribution in [0.2, 0.25) is 0 Å². The van der Waals surface area contributed by atoms with Crippen molar-refractivity contribution >= 4 is 11.8 Å². The van der Waals surface area contributed by atoms with Gasteiger partial charge in [-0.3, -0.25) is 9.59 Å². The number of rotatable bonds is 4. The first-order chi connectivity index (χ1) is 15.1. The third-order valence-electron chi connectivity index (χ3n) is 4.16. The second-order valence-corrected chi connectivity index (χ2v) is 6.74. The second kappa shape index (κ2) is 13.3. The van der Waals surface area contributed by atoms with Crippen LogP contribution in [-0.2, 0) is 9.59 Å². The molecule has 0 heterocycles. The molecule has 0 aromatic heterocycles. The fourth-order valence-electron chi connectivity index (χ4n) is 2.74. The average Bonchev–Trinajstić information content (AvgIpc) is 2.81. The van der Waals surface area contributed by atoms with Gasteiger partial charge < -0.3 is 5.11 Å². The molecular formula is C28H26O3. The van der Waals surface area contributed by atoms with Gasteiger partial charge in [0.15, 0.2) is 0 Å². The van der Waals surface area contributed by atoms with Crippen LogP contribution in [0.1, 0.15) is 13.3 Å². The van der Waals surface area contributed by atoms with Crippen LogP contribution in [0.25, 0.3) is 22.3 Å². The van der Waals surface area contributed by atoms with E-state index in [1.165, 1.54) is 29.2 Å². The van der Waals surface area contributed by atoms with E-state index in [1.54, 1.807) is 0 Å². The number of carbonyl (C=O) groups excluding carboxylic acids is 1. The molecule has 0 aliphatic heterocycles. The summed E-state index contributed by atoms with van der Waals surface area (Å²) < 4.78 is 0. The Morgan fingerprint density at radius 3 is 0.871 bits per heavy atom. The molecule has 0 radical (unpaired) electrons. The monoisotopic (exact) mass is 410 g/mol. The standard InChI is InChI=1S/2C12H10.C4H6O3/c2*1-3-7-11(8-4-1)12-9-5-2-6-10-12;1-3(5)2-4(6)7/h2*1-10H;2H2,1H3,(H,6,7). The van der Waals surface area contributed by atoms with E-state index in [0.29, 0.717) is 0 Å². The van der Waals surface area contributed by atoms with Crippen LogP contribution < -0.4 is 0 Å². The summed E-state index contributed by atoms with van der Waals surface area (Å²) in [5.41, 5.74) is 5.10. The van der Waals surface area contributed by atoms with Crippen molar-refractivity contribution in [1.29, 1.82) is 0 Å². The summed E-state index contributed by atoms with van der Waals surface area (Å²) in [5, 5.41) is 7.86. The summed E-state index contributed by atoms with van der Waals surface area (Å²) in [7, 11) is 0. The van der Waals surface area contributed by atoms with Gasteiger partial charge in [0, 0.05) is 0 Å². The molecule has 1 N–H and O–H groups in total. The number of aliphatic carboxylic acids is 1. The smallest absolute Gasteiger partial charge is 0.310 e. The van der Waals surface area contributed by atoms with Gasteiger partial charge in [0.2, 0.25) is 0 Å². The van der Waals surface area contributed by atoms with E-state index >= 15 is 0 Å². The van der Waals surface area contributed by atoms with Crippen molar-refractivity contribution in [2.24, 2.45) is 0 Å². The molecule has 0 atom stereocenters. The van der Waals surface area contributed by atoms with Crippen molar-refractivity contribution in [2.75, 3.05) is 0 Å². The van der Waals surface area contributed by atoms with E-state index < -0.39 is 5.97 Å². The molecule has 156 valence electrons. The maximum atomic E-state index is 9.87. The minimum absolute atomic E-state index is 0.312. The van der Waals surface area contributed by atoms with Crippen LogP contribution in [0.15, 0.2) is 121 Å². The normalized spacial score (nSPS) is 9.32. The number of hydrogen-bond donors (Lipinski definition) is 1. The van der Waals surface area contributed by atoms with Gasteiger partial charge in [-0.1, -0.05) is 121 Å². The minimum Gasteiger partial charge on any atom is -0.481 e. The summed E-state index contributed by atoms with van der Waals surface area (Å²) in [6.07, 6.45) is -0.361. The van der Waals surface area contributed by atoms with E-state index in [9.17, 15) is 9.59 Å². The van der Waals surface area contributed by atoms with Crippen LogP contribution in [0, 0.1) is 0 Å². The van der Waals surface area contributed by atoms with Crippen LogP contribution >= 0.6 is 0 Å². The first kappa shape index (κ1) is 23.3. The highest BCUT2D eigenvalue weighted by Gasteiger charge is 1.98. The quantitative estimate of drug-likeness (QED) is 0.378. The molecule has 3 nitrogen and oxygen atoms in total. The lowest BCUT2D eigenvalue weighted by Crippen LogP contribution is -2.00. The van der Waals surface area contributed by atoms with Gasteiger partial charge in [0.25, 0.3) is 0 Å². The van der Waals surface area contributed by atoms with E-state index in [2.05, 4.69) is 97.1 Å². The zero-order valence-corrected chi connectivity index (χ0v) is 17.5. The lowest BCUT2D eigenvalue weighted by molar-refractivity contribution is -0.139. The topological polar surface area (TPSA) is 54.4 Å². The molecule has 4 aromatic carbocycles. The molecule has 31 heavy (non-hydrogen) atoms. The zero-order chi connectivity index (χ0) is 22.3. The maximum absolute atomic E-state index is 9.87. The Bertz CT molecular complexity index is 867. The molecule has 4 aromatic rings. The van der Waals surface area contributed by atoms with E-state index in [4.69, 9.17) is 5.11 Å². The highest BCUT2D eigenvalue weighted by atomic mass is 16.4. The van der Waals surface area contributed by atoms with Crippen LogP contribution in [0.3, 0.4) is 0 Å². The Balaban J connectivity index is 0.000000173. The van der Waals surface area contributed by atoms with Crippen molar-refractivity contribution in [3.8, 4) is 22.3 Å². The van der Waals surface area contributed by atoms with Gasteiger partial charge in [0.05, 0.1) is 0 Å². The fourth-order valence-corrected chi connectivity index (χ4v) is 2.74. The third kappa shape index (κ3) is 9.37. The second-order valence-electron chi connectivity index (χ2n) is 6.74. The lowest BCUT2D eigenvalue weighted by atomic mass is 10.1. The molecule has 0 saturated carbocycles. The average molecular weight is 411 g/mol. The highest BCUT2D eigenvalue weighted by Crippen LogP contribution is 2.18. The molecule has 0 fully saturated rings. The minimum atomic E-state index is -1.06. The van der Waals surface area contributed by atoms with Gasteiger partial charge in [-0.15, -0.1) is 0 Å². The third-order valence-corrected chi connectivity index (χ3v) is 4.16. The molecule has 0 amide bonds. The number of ketones is 1. The summed E-state index contributed by atoms with van der Waals surface area (Å²) in [4.78, 5) is 19.5. The number of carboxylic acid groups (broad SMARTS) is 1.